The Balaban J connectivity index is 2.21. The molecule has 0 aromatic carbocycles. The van der Waals surface area contributed by atoms with Gasteiger partial charge in [0.25, 0.3) is 0 Å². The van der Waals surface area contributed by atoms with Gasteiger partial charge in [-0.1, -0.05) is 32.3 Å². The van der Waals surface area contributed by atoms with Crippen molar-refractivity contribution in [3.63, 3.8) is 0 Å². The third-order valence-corrected chi connectivity index (χ3v) is 2.57. The van der Waals surface area contributed by atoms with Crippen LogP contribution in [0.3, 0.4) is 0 Å². The number of hydrogen-bond donors (Lipinski definition) is 1. The Bertz CT molecular complexity index is 289. The number of pyridine rings is 1. The molecule has 0 saturated heterocycles. The van der Waals surface area contributed by atoms with Crippen LogP contribution in [0.4, 0.5) is 0 Å². The molecule has 0 aliphatic rings. The van der Waals surface area contributed by atoms with E-state index in [9.17, 15) is 0 Å². The first-order chi connectivity index (χ1) is 7.88. The maximum Gasteiger partial charge on any atom is 0.217 e. The van der Waals surface area contributed by atoms with E-state index in [1.54, 1.807) is 13.3 Å². The molecule has 3 nitrogen and oxygen atoms in total. The maximum absolute atomic E-state index is 5.19. The smallest absolute Gasteiger partial charge is 0.217 e. The van der Waals surface area contributed by atoms with Gasteiger partial charge in [0.05, 0.1) is 7.11 Å². The van der Waals surface area contributed by atoms with Crippen molar-refractivity contribution in [2.45, 2.75) is 39.2 Å². The van der Waals surface area contributed by atoms with Crippen LogP contribution in [-0.4, -0.2) is 18.6 Å². The summed E-state index contributed by atoms with van der Waals surface area (Å²) < 4.78 is 5.19. The van der Waals surface area contributed by atoms with Crippen LogP contribution in [0, 0.1) is 0 Å². The first-order valence-electron chi connectivity index (χ1n) is 6.07. The van der Waals surface area contributed by atoms with Crippen molar-refractivity contribution in [1.29, 1.82) is 0 Å². The number of methoxy groups -OCH3 is 1. The molecule has 3 heteroatoms. The van der Waals surface area contributed by atoms with E-state index in [1.807, 2.05) is 12.1 Å². The van der Waals surface area contributed by atoms with Gasteiger partial charge in [0.15, 0.2) is 0 Å². The number of hydrogen-bond acceptors (Lipinski definition) is 3. The Morgan fingerprint density at radius 3 is 2.94 bits per heavy atom. The summed E-state index contributed by atoms with van der Waals surface area (Å²) in [6.07, 6.45) is 6.93. The van der Waals surface area contributed by atoms with E-state index in [2.05, 4.69) is 17.2 Å². The molecule has 1 rings (SSSR count). The number of nitrogens with one attached hydrogen (secondary N) is 1. The molecule has 1 aromatic rings. The summed E-state index contributed by atoms with van der Waals surface area (Å²) in [5.41, 5.74) is 1.13. The summed E-state index contributed by atoms with van der Waals surface area (Å²) in [6.45, 7) is 4.13. The molecule has 0 aliphatic carbocycles. The highest BCUT2D eigenvalue weighted by Crippen LogP contribution is 2.12. The van der Waals surface area contributed by atoms with Crippen molar-refractivity contribution in [2.75, 3.05) is 13.7 Å². The van der Waals surface area contributed by atoms with Gasteiger partial charge < -0.3 is 10.1 Å². The lowest BCUT2D eigenvalue weighted by atomic mass is 10.2. The highest BCUT2D eigenvalue weighted by molar-refractivity contribution is 5.24. The number of rotatable bonds is 8. The van der Waals surface area contributed by atoms with E-state index in [4.69, 9.17) is 4.74 Å². The van der Waals surface area contributed by atoms with Crippen molar-refractivity contribution in [3.05, 3.63) is 23.9 Å². The second-order valence-electron chi connectivity index (χ2n) is 3.91. The van der Waals surface area contributed by atoms with Crippen LogP contribution < -0.4 is 10.1 Å². The van der Waals surface area contributed by atoms with E-state index in [-0.39, 0.29) is 0 Å². The molecule has 0 amide bonds. The average Bonchev–Trinajstić information content (AvgIpc) is 2.34. The predicted molar refractivity (Wildman–Crippen MR) is 66.6 cm³/mol. The lowest BCUT2D eigenvalue weighted by Crippen LogP contribution is -2.15. The minimum Gasteiger partial charge on any atom is -0.481 e. The first-order valence-corrected chi connectivity index (χ1v) is 6.07. The monoisotopic (exact) mass is 222 g/mol. The van der Waals surface area contributed by atoms with Crippen molar-refractivity contribution >= 4 is 0 Å². The fourth-order valence-electron chi connectivity index (χ4n) is 1.64. The lowest BCUT2D eigenvalue weighted by Gasteiger charge is -2.08. The average molecular weight is 222 g/mol. The van der Waals surface area contributed by atoms with E-state index >= 15 is 0 Å². The molecule has 0 aliphatic heterocycles. The molecule has 0 radical (unpaired) electrons. The van der Waals surface area contributed by atoms with Crippen LogP contribution in [0.2, 0.25) is 0 Å². The van der Waals surface area contributed by atoms with Gasteiger partial charge in [-0.05, 0) is 19.0 Å². The highest BCUT2D eigenvalue weighted by atomic mass is 16.5. The highest BCUT2D eigenvalue weighted by Gasteiger charge is 2.01. The largest absolute Gasteiger partial charge is 0.481 e. The quantitative estimate of drug-likeness (QED) is 0.687. The van der Waals surface area contributed by atoms with Crippen LogP contribution in [-0.2, 0) is 6.54 Å². The molecule has 0 bridgehead atoms. The van der Waals surface area contributed by atoms with E-state index in [0.717, 1.165) is 24.5 Å². The third-order valence-electron chi connectivity index (χ3n) is 2.57. The normalized spacial score (nSPS) is 10.4. The predicted octanol–water partition coefficient (Wildman–Crippen LogP) is 2.76. The molecule has 1 heterocycles. The number of unbranched alkanes of at least 4 members (excludes halogenated alkanes) is 3. The van der Waals surface area contributed by atoms with Crippen LogP contribution in [0.15, 0.2) is 18.3 Å². The van der Waals surface area contributed by atoms with Gasteiger partial charge in [0, 0.05) is 18.3 Å². The zero-order chi connectivity index (χ0) is 11.6. The third kappa shape index (κ3) is 4.62. The summed E-state index contributed by atoms with van der Waals surface area (Å²) in [7, 11) is 1.66. The molecule has 0 spiro atoms. The summed E-state index contributed by atoms with van der Waals surface area (Å²) in [5, 5.41) is 3.42. The fourth-order valence-corrected chi connectivity index (χ4v) is 1.64. The standard InChI is InChI=1S/C13H22N2O/c1-3-4-5-6-9-14-11-12-8-7-10-15-13(12)16-2/h7-8,10,14H,3-6,9,11H2,1-2H3. The van der Waals surface area contributed by atoms with Crippen molar-refractivity contribution < 1.29 is 4.74 Å². The number of aromatic nitrogens is 1. The lowest BCUT2D eigenvalue weighted by molar-refractivity contribution is 0.390. The van der Waals surface area contributed by atoms with Crippen molar-refractivity contribution in [3.8, 4) is 5.88 Å². The van der Waals surface area contributed by atoms with Crippen LogP contribution in [0.1, 0.15) is 38.2 Å². The minimum atomic E-state index is 0.726. The van der Waals surface area contributed by atoms with Crippen LogP contribution in [0.25, 0.3) is 0 Å². The van der Waals surface area contributed by atoms with E-state index in [0.29, 0.717) is 0 Å². The zero-order valence-electron chi connectivity index (χ0n) is 10.3. The van der Waals surface area contributed by atoms with Crippen LogP contribution >= 0.6 is 0 Å². The van der Waals surface area contributed by atoms with Gasteiger partial charge in [-0.3, -0.25) is 0 Å². The summed E-state index contributed by atoms with van der Waals surface area (Å²) in [4.78, 5) is 4.16. The van der Waals surface area contributed by atoms with Crippen molar-refractivity contribution in [2.24, 2.45) is 0 Å². The Labute approximate surface area is 98.2 Å². The zero-order valence-corrected chi connectivity index (χ0v) is 10.3. The number of ether oxygens (including phenoxy) is 1. The molecular formula is C13H22N2O. The Kier molecular flexibility index (Phi) is 6.58. The van der Waals surface area contributed by atoms with Gasteiger partial charge in [-0.25, -0.2) is 4.98 Å². The summed E-state index contributed by atoms with van der Waals surface area (Å²) >= 11 is 0. The van der Waals surface area contributed by atoms with Gasteiger partial charge in [-0.15, -0.1) is 0 Å². The molecule has 90 valence electrons. The SMILES string of the molecule is CCCCCCNCc1cccnc1OC. The van der Waals surface area contributed by atoms with Gasteiger partial charge in [0.1, 0.15) is 0 Å². The molecule has 1 N–H and O–H groups in total. The molecule has 0 unspecified atom stereocenters. The fraction of sp³-hybridized carbons (Fsp3) is 0.615. The van der Waals surface area contributed by atoms with Gasteiger partial charge >= 0.3 is 0 Å². The minimum absolute atomic E-state index is 0.726. The molecule has 0 saturated carbocycles. The Morgan fingerprint density at radius 1 is 1.31 bits per heavy atom. The molecule has 1 aromatic heterocycles. The van der Waals surface area contributed by atoms with E-state index in [1.165, 1.54) is 25.7 Å². The molecule has 0 fully saturated rings. The second kappa shape index (κ2) is 8.11. The second-order valence-corrected chi connectivity index (χ2v) is 3.91. The number of nitrogens with zero attached hydrogens (tertiary/aromatic N) is 1. The molecule has 0 atom stereocenters. The topological polar surface area (TPSA) is 34.2 Å². The summed E-state index contributed by atoms with van der Waals surface area (Å²) in [6, 6.07) is 3.99. The Morgan fingerprint density at radius 2 is 2.19 bits per heavy atom. The van der Waals surface area contributed by atoms with Gasteiger partial charge in [-0.2, -0.15) is 0 Å². The Hall–Kier alpha value is -1.09. The first kappa shape index (κ1) is 13.0. The maximum atomic E-state index is 5.19. The van der Waals surface area contributed by atoms with Crippen LogP contribution in [0.5, 0.6) is 5.88 Å². The van der Waals surface area contributed by atoms with E-state index < -0.39 is 0 Å². The molecular weight excluding hydrogens is 200 g/mol. The summed E-state index contributed by atoms with van der Waals surface area (Å²) in [5.74, 6) is 0.726. The molecule has 16 heavy (non-hydrogen) atoms. The van der Waals surface area contributed by atoms with Gasteiger partial charge in [0.2, 0.25) is 5.88 Å². The van der Waals surface area contributed by atoms with Crippen molar-refractivity contribution in [1.82, 2.24) is 10.3 Å².